The fourth-order valence-electron chi connectivity index (χ4n) is 1.63. The monoisotopic (exact) mass is 263 g/mol. The standard InChI is InChI=1S/C10H17N9/c1-3-4-7(2)14-8-15-9(18-11)17-10(16-8)19-6-12-5-13-19/h5-7H,3-4,11H2,1-2H3,(H2,14,15,16,17,18). The largest absolute Gasteiger partial charge is 0.352 e. The van der Waals surface area contributed by atoms with Crippen molar-refractivity contribution in [2.75, 3.05) is 10.7 Å². The Morgan fingerprint density at radius 2 is 2.11 bits per heavy atom. The summed E-state index contributed by atoms with van der Waals surface area (Å²) < 4.78 is 1.44. The molecular weight excluding hydrogens is 246 g/mol. The van der Waals surface area contributed by atoms with Gasteiger partial charge < -0.3 is 5.32 Å². The summed E-state index contributed by atoms with van der Waals surface area (Å²) in [6.45, 7) is 4.19. The molecule has 1 atom stereocenters. The van der Waals surface area contributed by atoms with Crippen molar-refractivity contribution >= 4 is 11.9 Å². The molecule has 0 aliphatic carbocycles. The first-order valence-electron chi connectivity index (χ1n) is 6.07. The number of nitrogen functional groups attached to an aromatic ring is 1. The molecule has 0 amide bonds. The third-order valence-electron chi connectivity index (χ3n) is 2.47. The quantitative estimate of drug-likeness (QED) is 0.504. The van der Waals surface area contributed by atoms with E-state index in [1.165, 1.54) is 17.3 Å². The number of anilines is 2. The van der Waals surface area contributed by atoms with Crippen LogP contribution in [0.15, 0.2) is 12.7 Å². The number of hydrogen-bond donors (Lipinski definition) is 3. The highest BCUT2D eigenvalue weighted by Crippen LogP contribution is 2.10. The Balaban J connectivity index is 2.26. The average Bonchev–Trinajstić information content (AvgIpc) is 2.92. The lowest BCUT2D eigenvalue weighted by Crippen LogP contribution is -2.20. The van der Waals surface area contributed by atoms with Gasteiger partial charge in [-0.1, -0.05) is 13.3 Å². The summed E-state index contributed by atoms with van der Waals surface area (Å²) in [6.07, 6.45) is 5.02. The second-order valence-corrected chi connectivity index (χ2v) is 4.10. The molecule has 102 valence electrons. The predicted octanol–water partition coefficient (Wildman–Crippen LogP) is 0.338. The fraction of sp³-hybridized carbons (Fsp3) is 0.500. The van der Waals surface area contributed by atoms with Crippen molar-refractivity contribution in [1.82, 2.24) is 29.7 Å². The van der Waals surface area contributed by atoms with Crippen LogP contribution in [0, 0.1) is 0 Å². The number of nitrogens with zero attached hydrogens (tertiary/aromatic N) is 6. The van der Waals surface area contributed by atoms with E-state index in [9.17, 15) is 0 Å². The predicted molar refractivity (Wildman–Crippen MR) is 70.5 cm³/mol. The van der Waals surface area contributed by atoms with Crippen LogP contribution >= 0.6 is 0 Å². The van der Waals surface area contributed by atoms with Crippen LogP contribution in [0.5, 0.6) is 0 Å². The zero-order chi connectivity index (χ0) is 13.7. The van der Waals surface area contributed by atoms with E-state index in [1.807, 2.05) is 0 Å². The molecule has 2 heterocycles. The molecule has 2 aromatic heterocycles. The summed E-state index contributed by atoms with van der Waals surface area (Å²) in [7, 11) is 0. The first kappa shape index (κ1) is 13.1. The van der Waals surface area contributed by atoms with Crippen LogP contribution in [-0.2, 0) is 0 Å². The van der Waals surface area contributed by atoms with Crippen LogP contribution in [0.1, 0.15) is 26.7 Å². The van der Waals surface area contributed by atoms with Gasteiger partial charge in [-0.2, -0.15) is 24.7 Å². The van der Waals surface area contributed by atoms with Crippen LogP contribution in [0.4, 0.5) is 11.9 Å². The fourth-order valence-corrected chi connectivity index (χ4v) is 1.63. The summed E-state index contributed by atoms with van der Waals surface area (Å²) in [6, 6.07) is 0.265. The van der Waals surface area contributed by atoms with Crippen molar-refractivity contribution < 1.29 is 0 Å². The molecule has 1 unspecified atom stereocenters. The van der Waals surface area contributed by atoms with E-state index < -0.39 is 0 Å². The van der Waals surface area contributed by atoms with Gasteiger partial charge in [-0.05, 0) is 13.3 Å². The molecule has 0 saturated heterocycles. The second kappa shape index (κ2) is 6.05. The number of hydrazine groups is 1. The van der Waals surface area contributed by atoms with Gasteiger partial charge >= 0.3 is 0 Å². The van der Waals surface area contributed by atoms with E-state index in [1.54, 1.807) is 0 Å². The topological polar surface area (TPSA) is 119 Å². The van der Waals surface area contributed by atoms with Crippen LogP contribution < -0.4 is 16.6 Å². The van der Waals surface area contributed by atoms with Gasteiger partial charge in [0, 0.05) is 6.04 Å². The molecule has 2 rings (SSSR count). The summed E-state index contributed by atoms with van der Waals surface area (Å²) in [5, 5.41) is 7.18. The molecule has 0 aliphatic heterocycles. The minimum absolute atomic E-state index is 0.265. The molecule has 9 heteroatoms. The molecule has 19 heavy (non-hydrogen) atoms. The molecule has 0 aliphatic rings. The van der Waals surface area contributed by atoms with E-state index in [-0.39, 0.29) is 12.0 Å². The van der Waals surface area contributed by atoms with E-state index in [2.05, 4.69) is 49.6 Å². The van der Waals surface area contributed by atoms with Gasteiger partial charge in [0.25, 0.3) is 5.95 Å². The van der Waals surface area contributed by atoms with E-state index >= 15 is 0 Å². The van der Waals surface area contributed by atoms with Crippen molar-refractivity contribution in [3.63, 3.8) is 0 Å². The highest BCUT2D eigenvalue weighted by Gasteiger charge is 2.10. The molecule has 0 spiro atoms. The second-order valence-electron chi connectivity index (χ2n) is 4.10. The molecule has 0 bridgehead atoms. The van der Waals surface area contributed by atoms with Crippen LogP contribution in [0.3, 0.4) is 0 Å². The maximum Gasteiger partial charge on any atom is 0.258 e. The molecule has 0 radical (unpaired) electrons. The summed E-state index contributed by atoms with van der Waals surface area (Å²) in [5.41, 5.74) is 2.41. The van der Waals surface area contributed by atoms with E-state index in [4.69, 9.17) is 5.84 Å². The molecule has 2 aromatic rings. The van der Waals surface area contributed by atoms with Crippen molar-refractivity contribution in [3.05, 3.63) is 12.7 Å². The number of nitrogens with two attached hydrogens (primary N) is 1. The van der Waals surface area contributed by atoms with Crippen molar-refractivity contribution in [2.45, 2.75) is 32.7 Å². The van der Waals surface area contributed by atoms with Gasteiger partial charge in [0.05, 0.1) is 0 Å². The molecule has 9 nitrogen and oxygen atoms in total. The lowest BCUT2D eigenvalue weighted by atomic mass is 10.2. The smallest absolute Gasteiger partial charge is 0.258 e. The van der Waals surface area contributed by atoms with Gasteiger partial charge in [-0.15, -0.1) is 0 Å². The molecule has 0 aromatic carbocycles. The minimum Gasteiger partial charge on any atom is -0.352 e. The molecule has 0 saturated carbocycles. The van der Waals surface area contributed by atoms with Gasteiger partial charge in [0.1, 0.15) is 12.7 Å². The Bertz CT molecular complexity index is 510. The van der Waals surface area contributed by atoms with Crippen molar-refractivity contribution in [3.8, 4) is 5.95 Å². The van der Waals surface area contributed by atoms with Gasteiger partial charge in [0.15, 0.2) is 0 Å². The van der Waals surface area contributed by atoms with Crippen LogP contribution in [0.25, 0.3) is 5.95 Å². The first-order valence-corrected chi connectivity index (χ1v) is 6.07. The number of aromatic nitrogens is 6. The Labute approximate surface area is 110 Å². The first-order chi connectivity index (χ1) is 9.22. The van der Waals surface area contributed by atoms with Gasteiger partial charge in [-0.25, -0.2) is 10.8 Å². The third kappa shape index (κ3) is 3.35. The van der Waals surface area contributed by atoms with Crippen molar-refractivity contribution in [1.29, 1.82) is 0 Å². The Morgan fingerprint density at radius 1 is 1.32 bits per heavy atom. The third-order valence-corrected chi connectivity index (χ3v) is 2.47. The molecule has 0 fully saturated rings. The minimum atomic E-state index is 0.265. The molecular formula is C10H17N9. The maximum absolute atomic E-state index is 5.35. The van der Waals surface area contributed by atoms with Crippen LogP contribution in [0.2, 0.25) is 0 Å². The van der Waals surface area contributed by atoms with E-state index in [0.29, 0.717) is 11.9 Å². The lowest BCUT2D eigenvalue weighted by molar-refractivity contribution is 0.680. The normalized spacial score (nSPS) is 12.2. The van der Waals surface area contributed by atoms with Crippen molar-refractivity contribution in [2.24, 2.45) is 5.84 Å². The Kier molecular flexibility index (Phi) is 4.18. The lowest BCUT2D eigenvalue weighted by Gasteiger charge is -2.13. The average molecular weight is 263 g/mol. The van der Waals surface area contributed by atoms with Gasteiger partial charge in [-0.3, -0.25) is 5.43 Å². The number of nitrogens with one attached hydrogen (secondary N) is 2. The zero-order valence-electron chi connectivity index (χ0n) is 10.9. The summed E-state index contributed by atoms with van der Waals surface area (Å²) in [5.74, 6) is 6.43. The number of rotatable bonds is 6. The molecule has 4 N–H and O–H groups in total. The summed E-state index contributed by atoms with van der Waals surface area (Å²) >= 11 is 0. The van der Waals surface area contributed by atoms with Gasteiger partial charge in [0.2, 0.25) is 11.9 Å². The Hall–Kier alpha value is -2.29. The van der Waals surface area contributed by atoms with E-state index in [0.717, 1.165) is 12.8 Å². The highest BCUT2D eigenvalue weighted by atomic mass is 15.4. The number of hydrogen-bond acceptors (Lipinski definition) is 8. The maximum atomic E-state index is 5.35. The highest BCUT2D eigenvalue weighted by molar-refractivity contribution is 5.37. The summed E-state index contributed by atoms with van der Waals surface area (Å²) in [4.78, 5) is 16.4. The zero-order valence-corrected chi connectivity index (χ0v) is 10.9. The Morgan fingerprint density at radius 3 is 2.74 bits per heavy atom. The van der Waals surface area contributed by atoms with Crippen LogP contribution in [-0.4, -0.2) is 35.8 Å². The SMILES string of the molecule is CCCC(C)Nc1nc(NN)nc(-n2cncn2)n1.